The first-order valence-electron chi connectivity index (χ1n) is 4.38. The topological polar surface area (TPSA) is 12.0 Å². The third-order valence-electron chi connectivity index (χ3n) is 1.76. The summed E-state index contributed by atoms with van der Waals surface area (Å²) in [5, 5.41) is 4.67. The van der Waals surface area contributed by atoms with Crippen LogP contribution in [0.2, 0.25) is 10.0 Å². The Kier molecular flexibility index (Phi) is 5.04. The standard InChI is InChI=1S/C10H12Cl3N/c1-7(11)5-14-6-8-2-3-9(12)4-10(8)13/h2-4,7,14H,5-6H2,1H3. The minimum Gasteiger partial charge on any atom is -0.311 e. The number of rotatable bonds is 4. The highest BCUT2D eigenvalue weighted by Crippen LogP contribution is 2.20. The molecule has 1 unspecified atom stereocenters. The third-order valence-corrected chi connectivity index (χ3v) is 2.50. The second kappa shape index (κ2) is 5.82. The second-order valence-corrected chi connectivity index (χ2v) is 4.74. The SMILES string of the molecule is CC(Cl)CNCc1ccc(Cl)cc1Cl. The predicted octanol–water partition coefficient (Wildman–Crippen LogP) is 3.71. The molecule has 0 saturated carbocycles. The van der Waals surface area contributed by atoms with Crippen LogP contribution in [0.1, 0.15) is 12.5 Å². The van der Waals surface area contributed by atoms with Gasteiger partial charge in [-0.2, -0.15) is 0 Å². The van der Waals surface area contributed by atoms with E-state index >= 15 is 0 Å². The molecule has 4 heteroatoms. The van der Waals surface area contributed by atoms with Gasteiger partial charge in [0.05, 0.1) is 0 Å². The summed E-state index contributed by atoms with van der Waals surface area (Å²) in [6.45, 7) is 3.42. The number of nitrogens with one attached hydrogen (secondary N) is 1. The molecule has 1 N–H and O–H groups in total. The molecule has 1 aromatic rings. The monoisotopic (exact) mass is 251 g/mol. The summed E-state index contributed by atoms with van der Waals surface area (Å²) in [6.07, 6.45) is 0. The maximum absolute atomic E-state index is 5.99. The van der Waals surface area contributed by atoms with Gasteiger partial charge in [0.2, 0.25) is 0 Å². The molecule has 0 radical (unpaired) electrons. The van der Waals surface area contributed by atoms with Crippen molar-refractivity contribution in [3.8, 4) is 0 Å². The largest absolute Gasteiger partial charge is 0.311 e. The van der Waals surface area contributed by atoms with Crippen molar-refractivity contribution in [2.45, 2.75) is 18.8 Å². The van der Waals surface area contributed by atoms with Gasteiger partial charge in [0.1, 0.15) is 0 Å². The third kappa shape index (κ3) is 4.05. The van der Waals surface area contributed by atoms with E-state index in [0.717, 1.165) is 12.1 Å². The van der Waals surface area contributed by atoms with E-state index in [1.54, 1.807) is 6.07 Å². The molecule has 0 aliphatic rings. The van der Waals surface area contributed by atoms with E-state index in [0.29, 0.717) is 16.6 Å². The number of hydrogen-bond donors (Lipinski definition) is 1. The highest BCUT2D eigenvalue weighted by Gasteiger charge is 2.01. The molecular formula is C10H12Cl3N. The first-order valence-corrected chi connectivity index (χ1v) is 5.57. The average molecular weight is 253 g/mol. The molecule has 0 bridgehead atoms. The van der Waals surface area contributed by atoms with Gasteiger partial charge in [0.15, 0.2) is 0 Å². The Morgan fingerprint density at radius 1 is 1.36 bits per heavy atom. The lowest BCUT2D eigenvalue weighted by Crippen LogP contribution is -2.20. The van der Waals surface area contributed by atoms with Gasteiger partial charge < -0.3 is 5.32 Å². The molecule has 0 aromatic heterocycles. The maximum atomic E-state index is 5.99. The molecule has 0 saturated heterocycles. The van der Waals surface area contributed by atoms with Gasteiger partial charge in [-0.05, 0) is 24.6 Å². The van der Waals surface area contributed by atoms with E-state index < -0.39 is 0 Å². The van der Waals surface area contributed by atoms with Crippen LogP contribution < -0.4 is 5.32 Å². The smallest absolute Gasteiger partial charge is 0.0465 e. The molecule has 0 fully saturated rings. The summed E-state index contributed by atoms with van der Waals surface area (Å²) in [4.78, 5) is 0. The lowest BCUT2D eigenvalue weighted by molar-refractivity contribution is 0.680. The summed E-state index contributed by atoms with van der Waals surface area (Å²) < 4.78 is 0. The van der Waals surface area contributed by atoms with Gasteiger partial charge in [0, 0.05) is 28.5 Å². The van der Waals surface area contributed by atoms with E-state index in [4.69, 9.17) is 34.8 Å². The molecule has 1 atom stereocenters. The molecule has 1 nitrogen and oxygen atoms in total. The highest BCUT2D eigenvalue weighted by atomic mass is 35.5. The Balaban J connectivity index is 2.51. The average Bonchev–Trinajstić information content (AvgIpc) is 2.08. The zero-order valence-corrected chi connectivity index (χ0v) is 10.1. The molecule has 0 aliphatic carbocycles. The first kappa shape index (κ1) is 12.1. The molecule has 1 aromatic carbocycles. The van der Waals surface area contributed by atoms with E-state index in [1.807, 2.05) is 19.1 Å². The van der Waals surface area contributed by atoms with Crippen molar-refractivity contribution in [1.29, 1.82) is 0 Å². The fourth-order valence-electron chi connectivity index (χ4n) is 1.07. The number of alkyl halides is 1. The predicted molar refractivity (Wildman–Crippen MR) is 63.5 cm³/mol. The van der Waals surface area contributed by atoms with Gasteiger partial charge >= 0.3 is 0 Å². The Hall–Kier alpha value is 0.0500. The van der Waals surface area contributed by atoms with E-state index in [-0.39, 0.29) is 5.38 Å². The Morgan fingerprint density at radius 2 is 2.07 bits per heavy atom. The van der Waals surface area contributed by atoms with E-state index in [2.05, 4.69) is 5.32 Å². The second-order valence-electron chi connectivity index (χ2n) is 3.15. The van der Waals surface area contributed by atoms with Gasteiger partial charge in [-0.25, -0.2) is 0 Å². The molecule has 0 spiro atoms. The van der Waals surface area contributed by atoms with Crippen LogP contribution in [0, 0.1) is 0 Å². The molecule has 78 valence electrons. The van der Waals surface area contributed by atoms with Crippen LogP contribution in [0.15, 0.2) is 18.2 Å². The minimum absolute atomic E-state index is 0.126. The number of benzene rings is 1. The van der Waals surface area contributed by atoms with E-state index in [9.17, 15) is 0 Å². The molecule has 0 heterocycles. The summed E-state index contributed by atoms with van der Waals surface area (Å²) >= 11 is 17.6. The summed E-state index contributed by atoms with van der Waals surface area (Å²) in [7, 11) is 0. The quantitative estimate of drug-likeness (QED) is 0.806. The maximum Gasteiger partial charge on any atom is 0.0465 e. The number of hydrogen-bond acceptors (Lipinski definition) is 1. The zero-order chi connectivity index (χ0) is 10.6. The molecule has 1 rings (SSSR count). The Bertz CT molecular complexity index is 299. The van der Waals surface area contributed by atoms with Crippen molar-refractivity contribution in [2.24, 2.45) is 0 Å². The minimum atomic E-state index is 0.126. The van der Waals surface area contributed by atoms with Crippen LogP contribution in [0.5, 0.6) is 0 Å². The Morgan fingerprint density at radius 3 is 2.64 bits per heavy atom. The summed E-state index contributed by atoms with van der Waals surface area (Å²) in [5.41, 5.74) is 1.04. The van der Waals surface area contributed by atoms with Crippen LogP contribution in [-0.4, -0.2) is 11.9 Å². The van der Waals surface area contributed by atoms with Crippen LogP contribution in [0.4, 0.5) is 0 Å². The van der Waals surface area contributed by atoms with Crippen LogP contribution >= 0.6 is 34.8 Å². The Labute approximate surface area is 99.4 Å². The van der Waals surface area contributed by atoms with Crippen molar-refractivity contribution >= 4 is 34.8 Å². The molecule has 0 amide bonds. The highest BCUT2D eigenvalue weighted by molar-refractivity contribution is 6.35. The van der Waals surface area contributed by atoms with Gasteiger partial charge in [-0.15, -0.1) is 11.6 Å². The number of halogens is 3. The molecule has 14 heavy (non-hydrogen) atoms. The van der Waals surface area contributed by atoms with Gasteiger partial charge in [-0.3, -0.25) is 0 Å². The van der Waals surface area contributed by atoms with Crippen molar-refractivity contribution < 1.29 is 0 Å². The normalized spacial score (nSPS) is 12.9. The summed E-state index contributed by atoms with van der Waals surface area (Å²) in [6, 6.07) is 5.48. The molecular weight excluding hydrogens is 240 g/mol. The fourth-order valence-corrected chi connectivity index (χ4v) is 1.66. The summed E-state index contributed by atoms with van der Waals surface area (Å²) in [5.74, 6) is 0. The van der Waals surface area contributed by atoms with Crippen molar-refractivity contribution in [3.63, 3.8) is 0 Å². The van der Waals surface area contributed by atoms with Crippen molar-refractivity contribution in [2.75, 3.05) is 6.54 Å². The zero-order valence-electron chi connectivity index (χ0n) is 7.86. The van der Waals surface area contributed by atoms with Gasteiger partial charge in [0.25, 0.3) is 0 Å². The fraction of sp³-hybridized carbons (Fsp3) is 0.400. The molecule has 0 aliphatic heterocycles. The van der Waals surface area contributed by atoms with E-state index in [1.165, 1.54) is 0 Å². The van der Waals surface area contributed by atoms with Crippen LogP contribution in [0.3, 0.4) is 0 Å². The van der Waals surface area contributed by atoms with Crippen molar-refractivity contribution in [1.82, 2.24) is 5.32 Å². The van der Waals surface area contributed by atoms with Crippen LogP contribution in [-0.2, 0) is 6.54 Å². The lowest BCUT2D eigenvalue weighted by Gasteiger charge is -2.07. The van der Waals surface area contributed by atoms with Crippen molar-refractivity contribution in [3.05, 3.63) is 33.8 Å². The van der Waals surface area contributed by atoms with Gasteiger partial charge in [-0.1, -0.05) is 29.3 Å². The lowest BCUT2D eigenvalue weighted by atomic mass is 10.2. The van der Waals surface area contributed by atoms with Crippen LogP contribution in [0.25, 0.3) is 0 Å². The first-order chi connectivity index (χ1) is 6.59.